The first-order chi connectivity index (χ1) is 19.9. The maximum absolute atomic E-state index is 6.36. The van der Waals surface area contributed by atoms with Crippen LogP contribution in [0.5, 0.6) is 11.5 Å². The van der Waals surface area contributed by atoms with Gasteiger partial charge in [0.2, 0.25) is 0 Å². The van der Waals surface area contributed by atoms with Gasteiger partial charge in [-0.2, -0.15) is 0 Å². The summed E-state index contributed by atoms with van der Waals surface area (Å²) in [4.78, 5) is 4.57. The molecule has 224 valence electrons. The molecule has 5 rings (SSSR count). The number of hydrogen-bond acceptors (Lipinski definition) is 5. The summed E-state index contributed by atoms with van der Waals surface area (Å²) < 4.78 is 19.2. The molecule has 5 nitrogen and oxygen atoms in total. The molecule has 0 aromatic heterocycles. The fraction of sp³-hybridized carbons (Fsp3) is 0.444. The van der Waals surface area contributed by atoms with Gasteiger partial charge in [-0.05, 0) is 97.5 Å². The number of hydrogen-bond donors (Lipinski definition) is 0. The van der Waals surface area contributed by atoms with Gasteiger partial charge in [0.05, 0.1) is 13.2 Å². The quantitative estimate of drug-likeness (QED) is 0.290. The van der Waals surface area contributed by atoms with Crippen molar-refractivity contribution in [3.05, 3.63) is 93.2 Å². The third kappa shape index (κ3) is 4.71. The molecular formula is C36H45BrN2O3. The van der Waals surface area contributed by atoms with E-state index in [2.05, 4.69) is 122 Å². The zero-order valence-electron chi connectivity index (χ0n) is 26.6. The Kier molecular flexibility index (Phi) is 8.19. The molecule has 0 fully saturated rings. The molecule has 0 bridgehead atoms. The molecule has 1 aliphatic carbocycles. The van der Waals surface area contributed by atoms with Gasteiger partial charge in [0, 0.05) is 53.6 Å². The summed E-state index contributed by atoms with van der Waals surface area (Å²) in [6.45, 7) is 14.5. The van der Waals surface area contributed by atoms with E-state index in [9.17, 15) is 0 Å². The van der Waals surface area contributed by atoms with Gasteiger partial charge in [-0.1, -0.05) is 55.8 Å². The Bertz CT molecular complexity index is 1500. The molecule has 2 aromatic carbocycles. The van der Waals surface area contributed by atoms with Crippen LogP contribution >= 0.6 is 15.9 Å². The Morgan fingerprint density at radius 3 is 2.10 bits per heavy atom. The van der Waals surface area contributed by atoms with E-state index in [-0.39, 0.29) is 10.8 Å². The number of halogens is 1. The Morgan fingerprint density at radius 1 is 0.857 bits per heavy atom. The van der Waals surface area contributed by atoms with Crippen molar-refractivity contribution in [2.75, 3.05) is 44.2 Å². The first-order valence-electron chi connectivity index (χ1n) is 15.0. The van der Waals surface area contributed by atoms with E-state index in [0.717, 1.165) is 24.3 Å². The fourth-order valence-corrected chi connectivity index (χ4v) is 7.77. The summed E-state index contributed by atoms with van der Waals surface area (Å²) in [5, 5.41) is 0. The molecule has 0 radical (unpaired) electrons. The standard InChI is InChI=1S/C36H45BrN2O3/c1-10-41-26-15-17-30-28(22-26)34(3,4)32(38(30)7)19-14-24-12-13-25(33(24)37)20-21-36(40-9)35(5,6)29-23-27(42-11-2)16-18-31(29)39(36)8/h14-23H,10-13H2,1-9H3. The molecule has 1 unspecified atom stereocenters. The van der Waals surface area contributed by atoms with Crippen LogP contribution in [0.25, 0.3) is 0 Å². The number of methoxy groups -OCH3 is 1. The van der Waals surface area contributed by atoms with E-state index in [4.69, 9.17) is 14.2 Å². The fourth-order valence-electron chi connectivity index (χ4n) is 7.11. The van der Waals surface area contributed by atoms with E-state index < -0.39 is 5.72 Å². The van der Waals surface area contributed by atoms with Crippen LogP contribution in [-0.2, 0) is 15.6 Å². The van der Waals surface area contributed by atoms with Crippen molar-refractivity contribution in [3.8, 4) is 11.5 Å². The van der Waals surface area contributed by atoms with E-state index >= 15 is 0 Å². The maximum Gasteiger partial charge on any atom is 0.169 e. The molecule has 0 saturated heterocycles. The highest BCUT2D eigenvalue weighted by molar-refractivity contribution is 9.12. The molecule has 0 saturated carbocycles. The Balaban J connectivity index is 1.43. The number of anilines is 2. The molecule has 6 heteroatoms. The third-order valence-electron chi connectivity index (χ3n) is 9.51. The number of ether oxygens (including phenoxy) is 3. The molecule has 2 aromatic rings. The van der Waals surface area contributed by atoms with E-state index in [1.165, 1.54) is 43.8 Å². The van der Waals surface area contributed by atoms with Crippen molar-refractivity contribution in [2.24, 2.45) is 0 Å². The number of benzene rings is 2. The van der Waals surface area contributed by atoms with Gasteiger partial charge in [0.15, 0.2) is 5.72 Å². The monoisotopic (exact) mass is 632 g/mol. The van der Waals surface area contributed by atoms with E-state index in [1.54, 1.807) is 0 Å². The minimum atomic E-state index is -0.627. The van der Waals surface area contributed by atoms with Crippen LogP contribution in [-0.4, -0.2) is 40.1 Å². The van der Waals surface area contributed by atoms with Crippen LogP contribution in [0.2, 0.25) is 0 Å². The summed E-state index contributed by atoms with van der Waals surface area (Å²) >= 11 is 3.96. The predicted octanol–water partition coefficient (Wildman–Crippen LogP) is 8.79. The lowest BCUT2D eigenvalue weighted by atomic mass is 9.77. The summed E-state index contributed by atoms with van der Waals surface area (Å²) in [6.07, 6.45) is 11.1. The van der Waals surface area contributed by atoms with Crippen molar-refractivity contribution in [3.63, 3.8) is 0 Å². The lowest BCUT2D eigenvalue weighted by Crippen LogP contribution is -2.54. The first kappa shape index (κ1) is 30.5. The lowest BCUT2D eigenvalue weighted by Gasteiger charge is -2.43. The zero-order valence-corrected chi connectivity index (χ0v) is 28.2. The second-order valence-corrected chi connectivity index (χ2v) is 13.2. The molecule has 3 aliphatic rings. The number of nitrogens with zero attached hydrogens (tertiary/aromatic N) is 2. The van der Waals surface area contributed by atoms with Crippen LogP contribution in [0.1, 0.15) is 65.5 Å². The maximum atomic E-state index is 6.36. The molecule has 0 amide bonds. The summed E-state index contributed by atoms with van der Waals surface area (Å²) in [5.74, 6) is 1.82. The summed E-state index contributed by atoms with van der Waals surface area (Å²) in [7, 11) is 6.08. The Morgan fingerprint density at radius 2 is 1.48 bits per heavy atom. The summed E-state index contributed by atoms with van der Waals surface area (Å²) in [6, 6.07) is 12.8. The van der Waals surface area contributed by atoms with Gasteiger partial charge in [0.25, 0.3) is 0 Å². The first-order valence-corrected chi connectivity index (χ1v) is 15.8. The van der Waals surface area contributed by atoms with Gasteiger partial charge in [-0.15, -0.1) is 0 Å². The van der Waals surface area contributed by atoms with Crippen LogP contribution in [0.3, 0.4) is 0 Å². The van der Waals surface area contributed by atoms with Gasteiger partial charge in [-0.3, -0.25) is 0 Å². The Hall–Kier alpha value is -2.96. The van der Waals surface area contributed by atoms with Crippen LogP contribution in [0, 0.1) is 0 Å². The van der Waals surface area contributed by atoms with Gasteiger partial charge in [0.1, 0.15) is 11.5 Å². The summed E-state index contributed by atoms with van der Waals surface area (Å²) in [5.41, 5.74) is 7.77. The number of likely N-dealkylation sites (N-methyl/N-ethyl adjacent to an activating group) is 2. The predicted molar refractivity (Wildman–Crippen MR) is 178 cm³/mol. The molecule has 1 atom stereocenters. The van der Waals surface area contributed by atoms with Crippen LogP contribution < -0.4 is 19.3 Å². The van der Waals surface area contributed by atoms with Crippen molar-refractivity contribution in [1.29, 1.82) is 0 Å². The van der Waals surface area contributed by atoms with Crippen molar-refractivity contribution < 1.29 is 14.2 Å². The second kappa shape index (κ2) is 11.3. The normalized spacial score (nSPS) is 24.3. The van der Waals surface area contributed by atoms with Crippen LogP contribution in [0.15, 0.2) is 82.0 Å². The molecule has 2 heterocycles. The number of rotatable bonds is 8. The topological polar surface area (TPSA) is 34.2 Å². The molecule has 2 aliphatic heterocycles. The average molecular weight is 634 g/mol. The van der Waals surface area contributed by atoms with E-state index in [1.807, 2.05) is 27.0 Å². The number of fused-ring (bicyclic) bond motifs is 2. The lowest BCUT2D eigenvalue weighted by molar-refractivity contribution is -0.0129. The highest BCUT2D eigenvalue weighted by atomic mass is 79.9. The largest absolute Gasteiger partial charge is 0.494 e. The minimum absolute atomic E-state index is 0.119. The SMILES string of the molecule is CCOc1ccc2c(c1)C(C)(C)C(=CC=C1CCC(C=CC3(OC)N(C)c4ccc(OCC)cc4C3(C)C)=C1Br)N2C. The zero-order chi connectivity index (χ0) is 30.4. The van der Waals surface area contributed by atoms with Gasteiger partial charge in [-0.25, -0.2) is 0 Å². The second-order valence-electron chi connectivity index (χ2n) is 12.4. The number of allylic oxidation sites excluding steroid dienone is 7. The Labute approximate surface area is 260 Å². The van der Waals surface area contributed by atoms with Gasteiger partial charge < -0.3 is 24.0 Å². The highest BCUT2D eigenvalue weighted by Gasteiger charge is 2.55. The smallest absolute Gasteiger partial charge is 0.169 e. The van der Waals surface area contributed by atoms with Crippen molar-refractivity contribution in [1.82, 2.24) is 0 Å². The molecule has 0 N–H and O–H groups in total. The van der Waals surface area contributed by atoms with Crippen molar-refractivity contribution in [2.45, 2.75) is 70.9 Å². The van der Waals surface area contributed by atoms with Gasteiger partial charge >= 0.3 is 0 Å². The minimum Gasteiger partial charge on any atom is -0.494 e. The third-order valence-corrected chi connectivity index (χ3v) is 10.5. The molecule has 0 spiro atoms. The van der Waals surface area contributed by atoms with Crippen molar-refractivity contribution >= 4 is 27.3 Å². The van der Waals surface area contributed by atoms with E-state index in [0.29, 0.717) is 13.2 Å². The van der Waals surface area contributed by atoms with Crippen LogP contribution in [0.4, 0.5) is 11.4 Å². The highest BCUT2D eigenvalue weighted by Crippen LogP contribution is 2.53. The molecular weight excluding hydrogens is 588 g/mol. The average Bonchev–Trinajstić information content (AvgIpc) is 3.46. The molecule has 42 heavy (non-hydrogen) atoms.